The van der Waals surface area contributed by atoms with Gasteiger partial charge in [0.2, 0.25) is 0 Å². The second-order valence-electron chi connectivity index (χ2n) is 2.87. The summed E-state index contributed by atoms with van der Waals surface area (Å²) in [6.45, 7) is 2.11. The molecule has 0 aliphatic carbocycles. The Morgan fingerprint density at radius 3 is 3.07 bits per heavy atom. The second-order valence-corrected chi connectivity index (χ2v) is 2.87. The van der Waals surface area contributed by atoms with E-state index < -0.39 is 0 Å². The van der Waals surface area contributed by atoms with Gasteiger partial charge in [0.25, 0.3) is 0 Å². The first-order chi connectivity index (χ1) is 6.88. The minimum Gasteiger partial charge on any atom is -0.472 e. The molecule has 0 aliphatic heterocycles. The molecule has 1 aromatic heterocycles. The molecule has 0 fully saturated rings. The maximum atomic E-state index is 8.70. The van der Waals surface area contributed by atoms with Crippen LogP contribution in [-0.2, 0) is 0 Å². The van der Waals surface area contributed by atoms with Crippen LogP contribution < -0.4 is 0 Å². The van der Waals surface area contributed by atoms with Gasteiger partial charge in [0.05, 0.1) is 11.8 Å². The minimum absolute atomic E-state index is 0.356. The molecule has 1 rings (SSSR count). The smallest absolute Gasteiger partial charge is 0.162 e. The van der Waals surface area contributed by atoms with Gasteiger partial charge in [-0.3, -0.25) is 0 Å². The van der Waals surface area contributed by atoms with E-state index in [2.05, 4.69) is 23.9 Å². The predicted octanol–water partition coefficient (Wildman–Crippen LogP) is 2.65. The van der Waals surface area contributed by atoms with E-state index in [0.717, 1.165) is 19.3 Å². The highest BCUT2D eigenvalue weighted by Gasteiger charge is 2.00. The molecule has 0 atom stereocenters. The van der Waals surface area contributed by atoms with Crippen LogP contribution in [0.4, 0.5) is 0 Å². The fourth-order valence-corrected chi connectivity index (χ4v) is 0.966. The Morgan fingerprint density at radius 1 is 1.64 bits per heavy atom. The van der Waals surface area contributed by atoms with Crippen molar-refractivity contribution in [3.8, 4) is 11.8 Å². The molecule has 0 aromatic carbocycles. The van der Waals surface area contributed by atoms with Crippen molar-refractivity contribution in [1.29, 1.82) is 0 Å². The normalized spacial score (nSPS) is 10.8. The van der Waals surface area contributed by atoms with Crippen LogP contribution in [0.3, 0.4) is 0 Å². The molecule has 0 bridgehead atoms. The molecule has 3 heteroatoms. The number of oxime groups is 1. The summed E-state index contributed by atoms with van der Waals surface area (Å²) >= 11 is 0. The standard InChI is InChI=1S/C11H13NO2/c1-2-3-4-5-6-11(12-13)10-7-8-14-9-10/h7-9,13H,2-4H2,1H3/b12-11+. The first-order valence-corrected chi connectivity index (χ1v) is 4.62. The Balaban J connectivity index is 2.60. The third-order valence-electron chi connectivity index (χ3n) is 1.76. The van der Waals surface area contributed by atoms with Crippen molar-refractivity contribution in [2.75, 3.05) is 0 Å². The van der Waals surface area contributed by atoms with Gasteiger partial charge in [-0.15, -0.1) is 0 Å². The Kier molecular flexibility index (Phi) is 4.36. The Labute approximate surface area is 83.4 Å². The quantitative estimate of drug-likeness (QED) is 0.262. The zero-order chi connectivity index (χ0) is 10.2. The largest absolute Gasteiger partial charge is 0.472 e. The lowest BCUT2D eigenvalue weighted by molar-refractivity contribution is 0.320. The van der Waals surface area contributed by atoms with E-state index in [0.29, 0.717) is 11.3 Å². The molecule has 74 valence electrons. The summed E-state index contributed by atoms with van der Waals surface area (Å²) in [5.74, 6) is 5.74. The van der Waals surface area contributed by atoms with E-state index in [-0.39, 0.29) is 0 Å². The minimum atomic E-state index is 0.356. The molecule has 1 N–H and O–H groups in total. The zero-order valence-electron chi connectivity index (χ0n) is 8.16. The van der Waals surface area contributed by atoms with Gasteiger partial charge in [-0.2, -0.15) is 0 Å². The highest BCUT2D eigenvalue weighted by Crippen LogP contribution is 2.01. The molecule has 0 amide bonds. The first kappa shape index (κ1) is 10.4. The SMILES string of the molecule is CCCCC#C/C(=N\O)c1ccoc1. The van der Waals surface area contributed by atoms with E-state index in [1.54, 1.807) is 6.07 Å². The van der Waals surface area contributed by atoms with Gasteiger partial charge < -0.3 is 9.62 Å². The number of hydrogen-bond acceptors (Lipinski definition) is 3. The summed E-state index contributed by atoms with van der Waals surface area (Å²) in [5.41, 5.74) is 1.06. The van der Waals surface area contributed by atoms with Crippen molar-refractivity contribution < 1.29 is 9.62 Å². The van der Waals surface area contributed by atoms with Gasteiger partial charge >= 0.3 is 0 Å². The van der Waals surface area contributed by atoms with Crippen molar-refractivity contribution in [3.05, 3.63) is 24.2 Å². The van der Waals surface area contributed by atoms with Crippen LogP contribution in [0, 0.1) is 11.8 Å². The van der Waals surface area contributed by atoms with Crippen LogP contribution in [0.15, 0.2) is 28.2 Å². The van der Waals surface area contributed by atoms with Gasteiger partial charge in [0, 0.05) is 6.42 Å². The molecule has 0 radical (unpaired) electrons. The van der Waals surface area contributed by atoms with Crippen molar-refractivity contribution in [2.24, 2.45) is 5.16 Å². The van der Waals surface area contributed by atoms with Gasteiger partial charge in [0.15, 0.2) is 5.71 Å². The summed E-state index contributed by atoms with van der Waals surface area (Å²) in [5, 5.41) is 11.8. The fourth-order valence-electron chi connectivity index (χ4n) is 0.966. The summed E-state index contributed by atoms with van der Waals surface area (Å²) in [4.78, 5) is 0. The van der Waals surface area contributed by atoms with Crippen molar-refractivity contribution in [2.45, 2.75) is 26.2 Å². The predicted molar refractivity (Wildman–Crippen MR) is 54.3 cm³/mol. The van der Waals surface area contributed by atoms with Gasteiger partial charge in [-0.1, -0.05) is 24.4 Å². The Morgan fingerprint density at radius 2 is 2.50 bits per heavy atom. The summed E-state index contributed by atoms with van der Waals surface area (Å²) in [6.07, 6.45) is 6.04. The van der Waals surface area contributed by atoms with E-state index in [9.17, 15) is 0 Å². The maximum Gasteiger partial charge on any atom is 0.162 e. The van der Waals surface area contributed by atoms with Crippen LogP contribution in [-0.4, -0.2) is 10.9 Å². The topological polar surface area (TPSA) is 45.7 Å². The van der Waals surface area contributed by atoms with Crippen LogP contribution in [0.5, 0.6) is 0 Å². The van der Waals surface area contributed by atoms with Crippen molar-refractivity contribution >= 4 is 5.71 Å². The maximum absolute atomic E-state index is 8.70. The molecule has 0 saturated heterocycles. The van der Waals surface area contributed by atoms with Gasteiger partial charge in [-0.25, -0.2) is 0 Å². The first-order valence-electron chi connectivity index (χ1n) is 4.62. The summed E-state index contributed by atoms with van der Waals surface area (Å²) < 4.78 is 4.87. The number of nitrogens with zero attached hydrogens (tertiary/aromatic N) is 1. The average Bonchev–Trinajstić information content (AvgIpc) is 2.71. The average molecular weight is 191 g/mol. The van der Waals surface area contributed by atoms with Crippen LogP contribution in [0.1, 0.15) is 31.7 Å². The van der Waals surface area contributed by atoms with Crippen molar-refractivity contribution in [1.82, 2.24) is 0 Å². The molecular weight excluding hydrogens is 178 g/mol. The lowest BCUT2D eigenvalue weighted by Gasteiger charge is -1.88. The van der Waals surface area contributed by atoms with Crippen LogP contribution in [0.2, 0.25) is 0 Å². The monoisotopic (exact) mass is 191 g/mol. The van der Waals surface area contributed by atoms with Gasteiger partial charge in [0.1, 0.15) is 6.26 Å². The zero-order valence-corrected chi connectivity index (χ0v) is 8.16. The summed E-state index contributed by atoms with van der Waals surface area (Å²) in [7, 11) is 0. The number of rotatable bonds is 3. The molecule has 3 nitrogen and oxygen atoms in total. The molecule has 0 spiro atoms. The van der Waals surface area contributed by atoms with Crippen molar-refractivity contribution in [3.63, 3.8) is 0 Å². The highest BCUT2D eigenvalue weighted by molar-refractivity contribution is 6.12. The number of furan rings is 1. The summed E-state index contributed by atoms with van der Waals surface area (Å²) in [6, 6.07) is 1.71. The van der Waals surface area contributed by atoms with Crippen LogP contribution >= 0.6 is 0 Å². The Bertz CT molecular complexity index is 341. The molecule has 14 heavy (non-hydrogen) atoms. The molecule has 0 aliphatic rings. The Hall–Kier alpha value is -1.69. The van der Waals surface area contributed by atoms with E-state index in [1.165, 1.54) is 12.5 Å². The molecule has 1 aromatic rings. The van der Waals surface area contributed by atoms with Crippen LogP contribution in [0.25, 0.3) is 0 Å². The van der Waals surface area contributed by atoms with E-state index >= 15 is 0 Å². The molecule has 1 heterocycles. The third kappa shape index (κ3) is 2.98. The van der Waals surface area contributed by atoms with E-state index in [1.807, 2.05) is 0 Å². The van der Waals surface area contributed by atoms with E-state index in [4.69, 9.17) is 9.62 Å². The molecule has 0 saturated carbocycles. The molecule has 0 unspecified atom stereocenters. The second kappa shape index (κ2) is 5.87. The lowest BCUT2D eigenvalue weighted by atomic mass is 10.2. The van der Waals surface area contributed by atoms with Gasteiger partial charge in [-0.05, 0) is 18.4 Å². The fraction of sp³-hybridized carbons (Fsp3) is 0.364. The third-order valence-corrected chi connectivity index (χ3v) is 1.76. The number of hydrogen-bond donors (Lipinski definition) is 1. The lowest BCUT2D eigenvalue weighted by Crippen LogP contribution is -1.94. The highest BCUT2D eigenvalue weighted by atomic mass is 16.4. The number of unbranched alkanes of at least 4 members (excludes halogenated alkanes) is 2. The molecular formula is C11H13NO2.